The molecular formula is C12H22N2O2S. The van der Waals surface area contributed by atoms with Gasteiger partial charge in [-0.1, -0.05) is 0 Å². The van der Waals surface area contributed by atoms with Crippen molar-refractivity contribution < 1.29 is 9.59 Å². The minimum Gasteiger partial charge on any atom is -0.341 e. The van der Waals surface area contributed by atoms with Crippen LogP contribution in [0.3, 0.4) is 0 Å². The molecule has 0 N–H and O–H groups in total. The fourth-order valence-corrected chi connectivity index (χ4v) is 2.58. The zero-order chi connectivity index (χ0) is 12.8. The Bertz CT molecular complexity index is 274. The van der Waals surface area contributed by atoms with Crippen molar-refractivity contribution in [1.29, 1.82) is 0 Å². The number of amides is 1. The smallest absolute Gasteiger partial charge is 0.236 e. The van der Waals surface area contributed by atoms with E-state index in [1.807, 2.05) is 11.9 Å². The third-order valence-electron chi connectivity index (χ3n) is 3.22. The minimum absolute atomic E-state index is 0.146. The second-order valence-electron chi connectivity index (χ2n) is 4.64. The van der Waals surface area contributed by atoms with E-state index in [4.69, 9.17) is 0 Å². The largest absolute Gasteiger partial charge is 0.341 e. The molecule has 0 aromatic heterocycles. The van der Waals surface area contributed by atoms with Crippen LogP contribution in [0.2, 0.25) is 0 Å². The van der Waals surface area contributed by atoms with Gasteiger partial charge >= 0.3 is 0 Å². The second kappa shape index (κ2) is 7.01. The molecule has 98 valence electrons. The lowest BCUT2D eigenvalue weighted by atomic mass is 10.1. The first kappa shape index (κ1) is 14.5. The van der Waals surface area contributed by atoms with Crippen LogP contribution in [0, 0.1) is 0 Å². The summed E-state index contributed by atoms with van der Waals surface area (Å²) in [6.45, 7) is 3.78. The average molecular weight is 258 g/mol. The van der Waals surface area contributed by atoms with Gasteiger partial charge in [-0.15, -0.1) is 0 Å². The number of nitrogens with zero attached hydrogens (tertiary/aromatic N) is 2. The van der Waals surface area contributed by atoms with Gasteiger partial charge < -0.3 is 4.90 Å². The molecule has 17 heavy (non-hydrogen) atoms. The first-order valence-electron chi connectivity index (χ1n) is 6.03. The Hall–Kier alpha value is -0.550. The number of thioether (sulfide) groups is 1. The van der Waals surface area contributed by atoms with Crippen molar-refractivity contribution in [2.45, 2.75) is 25.8 Å². The van der Waals surface area contributed by atoms with E-state index < -0.39 is 0 Å². The predicted molar refractivity (Wildman–Crippen MR) is 71.3 cm³/mol. The molecule has 0 aromatic carbocycles. The summed E-state index contributed by atoms with van der Waals surface area (Å²) in [7, 11) is 1.98. The number of rotatable bonds is 5. The lowest BCUT2D eigenvalue weighted by Gasteiger charge is -2.30. The zero-order valence-corrected chi connectivity index (χ0v) is 11.8. The predicted octanol–water partition coefficient (Wildman–Crippen LogP) is 0.861. The van der Waals surface area contributed by atoms with E-state index in [0.717, 1.165) is 5.75 Å². The SMILES string of the molecule is CSCC(C)N(C)CC(=O)N1CCC(=O)CC1. The number of hydrogen-bond acceptors (Lipinski definition) is 4. The highest BCUT2D eigenvalue weighted by Crippen LogP contribution is 2.08. The molecule has 1 unspecified atom stereocenters. The zero-order valence-electron chi connectivity index (χ0n) is 10.9. The molecule has 1 amide bonds. The standard InChI is InChI=1S/C12H22N2O2S/c1-10(9-17-3)13(2)8-12(16)14-6-4-11(15)5-7-14/h10H,4-9H2,1-3H3. The molecule has 1 fully saturated rings. The van der Waals surface area contributed by atoms with Crippen LogP contribution >= 0.6 is 11.8 Å². The normalized spacial score (nSPS) is 18.6. The quantitative estimate of drug-likeness (QED) is 0.733. The Morgan fingerprint density at radius 1 is 1.47 bits per heavy atom. The van der Waals surface area contributed by atoms with E-state index in [2.05, 4.69) is 18.1 Å². The molecule has 1 aliphatic rings. The maximum atomic E-state index is 12.0. The maximum Gasteiger partial charge on any atom is 0.236 e. The molecule has 0 radical (unpaired) electrons. The van der Waals surface area contributed by atoms with Crippen LogP contribution < -0.4 is 0 Å². The Balaban J connectivity index is 2.35. The topological polar surface area (TPSA) is 40.6 Å². The Morgan fingerprint density at radius 3 is 2.59 bits per heavy atom. The van der Waals surface area contributed by atoms with E-state index in [1.165, 1.54) is 0 Å². The van der Waals surface area contributed by atoms with Gasteiger partial charge in [0.2, 0.25) is 5.91 Å². The van der Waals surface area contributed by atoms with Gasteiger partial charge in [-0.3, -0.25) is 14.5 Å². The van der Waals surface area contributed by atoms with Gasteiger partial charge in [0.15, 0.2) is 0 Å². The van der Waals surface area contributed by atoms with Crippen molar-refractivity contribution in [3.8, 4) is 0 Å². The summed E-state index contributed by atoms with van der Waals surface area (Å²) in [5.41, 5.74) is 0. The number of likely N-dealkylation sites (N-methyl/N-ethyl adjacent to an activating group) is 1. The fourth-order valence-electron chi connectivity index (χ4n) is 1.84. The van der Waals surface area contributed by atoms with E-state index in [9.17, 15) is 9.59 Å². The second-order valence-corrected chi connectivity index (χ2v) is 5.55. The molecular weight excluding hydrogens is 236 g/mol. The van der Waals surface area contributed by atoms with Crippen molar-refractivity contribution in [2.75, 3.05) is 38.7 Å². The minimum atomic E-state index is 0.146. The molecule has 5 heteroatoms. The third kappa shape index (κ3) is 4.68. The van der Waals surface area contributed by atoms with Gasteiger partial charge in [0, 0.05) is 37.7 Å². The van der Waals surface area contributed by atoms with Crippen molar-refractivity contribution in [3.63, 3.8) is 0 Å². The molecule has 0 saturated carbocycles. The molecule has 1 heterocycles. The highest BCUT2D eigenvalue weighted by Gasteiger charge is 2.22. The van der Waals surface area contributed by atoms with Crippen LogP contribution in [-0.4, -0.2) is 66.2 Å². The van der Waals surface area contributed by atoms with Crippen molar-refractivity contribution in [2.24, 2.45) is 0 Å². The van der Waals surface area contributed by atoms with E-state index in [-0.39, 0.29) is 11.7 Å². The summed E-state index contributed by atoms with van der Waals surface area (Å²) in [6, 6.07) is 0.403. The van der Waals surface area contributed by atoms with Crippen LogP contribution in [0.15, 0.2) is 0 Å². The Morgan fingerprint density at radius 2 is 2.06 bits per heavy atom. The van der Waals surface area contributed by atoms with Crippen LogP contribution in [0.4, 0.5) is 0 Å². The van der Waals surface area contributed by atoms with Crippen molar-refractivity contribution in [3.05, 3.63) is 0 Å². The third-order valence-corrected chi connectivity index (χ3v) is 4.03. The number of piperidine rings is 1. The lowest BCUT2D eigenvalue weighted by Crippen LogP contribution is -2.45. The summed E-state index contributed by atoms with van der Waals surface area (Å²) in [5.74, 6) is 1.45. The summed E-state index contributed by atoms with van der Waals surface area (Å²) >= 11 is 1.79. The van der Waals surface area contributed by atoms with Gasteiger partial charge in [-0.05, 0) is 20.2 Å². The van der Waals surface area contributed by atoms with Gasteiger partial charge in [-0.2, -0.15) is 11.8 Å². The van der Waals surface area contributed by atoms with E-state index >= 15 is 0 Å². The first-order valence-corrected chi connectivity index (χ1v) is 7.42. The first-order chi connectivity index (χ1) is 8.04. The molecule has 1 saturated heterocycles. The monoisotopic (exact) mass is 258 g/mol. The number of ketones is 1. The Labute approximate surface area is 108 Å². The number of Topliss-reactive ketones (excluding diaryl/α,β-unsaturated/α-hetero) is 1. The molecule has 0 spiro atoms. The maximum absolute atomic E-state index is 12.0. The molecule has 1 atom stereocenters. The van der Waals surface area contributed by atoms with Crippen molar-refractivity contribution in [1.82, 2.24) is 9.80 Å². The van der Waals surface area contributed by atoms with Crippen LogP contribution in [0.25, 0.3) is 0 Å². The number of likely N-dealkylation sites (tertiary alicyclic amines) is 1. The van der Waals surface area contributed by atoms with E-state index in [1.54, 1.807) is 11.8 Å². The average Bonchev–Trinajstić information content (AvgIpc) is 2.30. The van der Waals surface area contributed by atoms with Gasteiger partial charge in [-0.25, -0.2) is 0 Å². The summed E-state index contributed by atoms with van der Waals surface area (Å²) in [5, 5.41) is 0. The summed E-state index contributed by atoms with van der Waals surface area (Å²) in [4.78, 5) is 27.0. The molecule has 0 aromatic rings. The molecule has 1 aliphatic heterocycles. The van der Waals surface area contributed by atoms with Crippen LogP contribution in [0.1, 0.15) is 19.8 Å². The number of carbonyl (C=O) groups excluding carboxylic acids is 2. The molecule has 4 nitrogen and oxygen atoms in total. The molecule has 1 rings (SSSR count). The molecule has 0 bridgehead atoms. The van der Waals surface area contributed by atoms with Gasteiger partial charge in [0.1, 0.15) is 5.78 Å². The van der Waals surface area contributed by atoms with Gasteiger partial charge in [0.25, 0.3) is 0 Å². The summed E-state index contributed by atoms with van der Waals surface area (Å²) in [6.07, 6.45) is 3.12. The van der Waals surface area contributed by atoms with Gasteiger partial charge in [0.05, 0.1) is 6.54 Å². The number of carbonyl (C=O) groups is 2. The Kier molecular flexibility index (Phi) is 5.98. The summed E-state index contributed by atoms with van der Waals surface area (Å²) < 4.78 is 0. The fraction of sp³-hybridized carbons (Fsp3) is 0.833. The van der Waals surface area contributed by atoms with Crippen molar-refractivity contribution >= 4 is 23.5 Å². The highest BCUT2D eigenvalue weighted by molar-refractivity contribution is 7.98. The van der Waals surface area contributed by atoms with Crippen LogP contribution in [-0.2, 0) is 9.59 Å². The lowest BCUT2D eigenvalue weighted by molar-refractivity contribution is -0.135. The van der Waals surface area contributed by atoms with E-state index in [0.29, 0.717) is 38.5 Å². The number of hydrogen-bond donors (Lipinski definition) is 0. The highest BCUT2D eigenvalue weighted by atomic mass is 32.2. The van der Waals surface area contributed by atoms with Crippen LogP contribution in [0.5, 0.6) is 0 Å². The molecule has 0 aliphatic carbocycles.